The topological polar surface area (TPSA) is 118 Å². The van der Waals surface area contributed by atoms with E-state index in [1.165, 1.54) is 31.2 Å². The second kappa shape index (κ2) is 10.5. The van der Waals surface area contributed by atoms with Crippen LogP contribution in [0.2, 0.25) is 0 Å². The third kappa shape index (κ3) is 6.66. The van der Waals surface area contributed by atoms with Gasteiger partial charge in [-0.3, -0.25) is 9.59 Å². The maximum Gasteiger partial charge on any atom is 0.338 e. The maximum atomic E-state index is 12.2. The van der Waals surface area contributed by atoms with E-state index in [-0.39, 0.29) is 12.0 Å². The third-order valence-corrected chi connectivity index (χ3v) is 3.92. The molecule has 8 nitrogen and oxygen atoms in total. The van der Waals surface area contributed by atoms with Crippen molar-refractivity contribution < 1.29 is 23.9 Å². The van der Waals surface area contributed by atoms with Gasteiger partial charge in [-0.1, -0.05) is 12.1 Å². The highest BCUT2D eigenvalue weighted by Gasteiger charge is 2.18. The van der Waals surface area contributed by atoms with Crippen LogP contribution in [0.1, 0.15) is 29.3 Å². The van der Waals surface area contributed by atoms with E-state index < -0.39 is 23.9 Å². The minimum Gasteiger partial charge on any atom is -0.497 e. The van der Waals surface area contributed by atoms with Crippen LogP contribution in [0.25, 0.3) is 0 Å². The average Bonchev–Trinajstić information content (AvgIpc) is 2.72. The van der Waals surface area contributed by atoms with Gasteiger partial charge in [0.05, 0.1) is 18.7 Å². The number of nitrogens with one attached hydrogen (secondary N) is 2. The van der Waals surface area contributed by atoms with Crippen molar-refractivity contribution in [2.24, 2.45) is 0 Å². The molecule has 0 aliphatic heterocycles. The molecule has 2 aromatic rings. The van der Waals surface area contributed by atoms with E-state index in [2.05, 4.69) is 10.6 Å². The Balaban J connectivity index is 1.84. The molecule has 0 spiro atoms. The van der Waals surface area contributed by atoms with Crippen LogP contribution in [0, 0.1) is 11.3 Å². The van der Waals surface area contributed by atoms with Crippen molar-refractivity contribution in [2.45, 2.75) is 26.0 Å². The molecular weight excluding hydrogens is 374 g/mol. The average molecular weight is 395 g/mol. The van der Waals surface area contributed by atoms with Crippen LogP contribution >= 0.6 is 0 Å². The smallest absolute Gasteiger partial charge is 0.338 e. The SMILES string of the molecule is COc1ccc(CNC(=O)[C@H](C)OC(=O)c2ccc(NC(=O)CC#N)cc2)cc1. The Bertz CT molecular complexity index is 901. The maximum absolute atomic E-state index is 12.2. The molecule has 0 heterocycles. The van der Waals surface area contributed by atoms with Gasteiger partial charge in [0.2, 0.25) is 5.91 Å². The minimum absolute atomic E-state index is 0.234. The molecule has 0 radical (unpaired) electrons. The minimum atomic E-state index is -0.976. The zero-order valence-corrected chi connectivity index (χ0v) is 16.1. The number of esters is 1. The van der Waals surface area contributed by atoms with Crippen LogP contribution < -0.4 is 15.4 Å². The lowest BCUT2D eigenvalue weighted by atomic mass is 10.2. The molecule has 29 heavy (non-hydrogen) atoms. The number of carbonyl (C=O) groups excluding carboxylic acids is 3. The number of nitrogens with zero attached hydrogens (tertiary/aromatic N) is 1. The van der Waals surface area contributed by atoms with E-state index in [4.69, 9.17) is 14.7 Å². The van der Waals surface area contributed by atoms with E-state index in [1.807, 2.05) is 12.1 Å². The second-order valence-electron chi connectivity index (χ2n) is 6.07. The Labute approximate surface area is 168 Å². The summed E-state index contributed by atoms with van der Waals surface area (Å²) in [6.07, 6.45) is -1.23. The predicted octanol–water partition coefficient (Wildman–Crippen LogP) is 2.41. The molecule has 2 amide bonds. The van der Waals surface area contributed by atoms with Crippen molar-refractivity contribution in [1.82, 2.24) is 5.32 Å². The van der Waals surface area contributed by atoms with Gasteiger partial charge in [0.1, 0.15) is 12.2 Å². The summed E-state index contributed by atoms with van der Waals surface area (Å²) in [6.45, 7) is 1.78. The van der Waals surface area contributed by atoms with Gasteiger partial charge in [-0.2, -0.15) is 5.26 Å². The van der Waals surface area contributed by atoms with Crippen molar-refractivity contribution >= 4 is 23.5 Å². The lowest BCUT2D eigenvalue weighted by molar-refractivity contribution is -0.129. The first-order valence-corrected chi connectivity index (χ1v) is 8.81. The number of nitriles is 1. The Morgan fingerprint density at radius 1 is 1.07 bits per heavy atom. The standard InChI is InChI=1S/C21H21N3O5/c1-14(20(26)23-13-15-3-9-18(28-2)10-4-15)29-21(27)16-5-7-17(8-6-16)24-19(25)11-12-22/h3-10,14H,11,13H2,1-2H3,(H,23,26)(H,24,25)/t14-/m0/s1. The Hall–Kier alpha value is -3.86. The number of rotatable bonds is 8. The predicted molar refractivity (Wildman–Crippen MR) is 105 cm³/mol. The fourth-order valence-corrected chi connectivity index (χ4v) is 2.33. The fraction of sp³-hybridized carbons (Fsp3) is 0.238. The number of carbonyl (C=O) groups is 3. The van der Waals surface area contributed by atoms with E-state index in [9.17, 15) is 14.4 Å². The number of ether oxygens (including phenoxy) is 2. The van der Waals surface area contributed by atoms with Gasteiger partial charge < -0.3 is 20.1 Å². The first kappa shape index (κ1) is 21.4. The molecular formula is C21H21N3O5. The van der Waals surface area contributed by atoms with E-state index in [0.717, 1.165) is 11.3 Å². The molecule has 0 saturated carbocycles. The third-order valence-electron chi connectivity index (χ3n) is 3.92. The number of anilines is 1. The lowest BCUT2D eigenvalue weighted by Crippen LogP contribution is -2.35. The quantitative estimate of drug-likeness (QED) is 0.663. The van der Waals surface area contributed by atoms with Crippen LogP contribution in [0.3, 0.4) is 0 Å². The van der Waals surface area contributed by atoms with Gasteiger partial charge in [-0.15, -0.1) is 0 Å². The molecule has 2 aromatic carbocycles. The highest BCUT2D eigenvalue weighted by Crippen LogP contribution is 2.13. The van der Waals surface area contributed by atoms with Crippen molar-refractivity contribution in [3.05, 3.63) is 59.7 Å². The molecule has 0 fully saturated rings. The van der Waals surface area contributed by atoms with Gasteiger partial charge in [0, 0.05) is 12.2 Å². The fourth-order valence-electron chi connectivity index (χ4n) is 2.33. The number of hydrogen-bond donors (Lipinski definition) is 2. The summed E-state index contributed by atoms with van der Waals surface area (Å²) in [5, 5.41) is 13.7. The molecule has 1 atom stereocenters. The van der Waals surface area contributed by atoms with E-state index in [0.29, 0.717) is 12.2 Å². The van der Waals surface area contributed by atoms with Crippen molar-refractivity contribution in [3.8, 4) is 11.8 Å². The van der Waals surface area contributed by atoms with Crippen LogP contribution in [0.4, 0.5) is 5.69 Å². The Kier molecular flexibility index (Phi) is 7.74. The summed E-state index contributed by atoms with van der Waals surface area (Å²) in [6, 6.07) is 14.9. The number of methoxy groups -OCH3 is 1. The first-order valence-electron chi connectivity index (χ1n) is 8.81. The molecule has 0 aromatic heterocycles. The number of hydrogen-bond acceptors (Lipinski definition) is 6. The summed E-state index contributed by atoms with van der Waals surface area (Å²) in [7, 11) is 1.57. The van der Waals surface area contributed by atoms with Gasteiger partial charge >= 0.3 is 5.97 Å². The molecule has 8 heteroatoms. The highest BCUT2D eigenvalue weighted by atomic mass is 16.5. The normalized spacial score (nSPS) is 10.9. The van der Waals surface area contributed by atoms with Crippen molar-refractivity contribution in [3.63, 3.8) is 0 Å². The summed E-state index contributed by atoms with van der Waals surface area (Å²) in [5.74, 6) is -0.801. The summed E-state index contributed by atoms with van der Waals surface area (Å²) in [5.41, 5.74) is 1.57. The van der Waals surface area contributed by atoms with Crippen LogP contribution in [-0.4, -0.2) is 31.0 Å². The summed E-state index contributed by atoms with van der Waals surface area (Å²) < 4.78 is 10.3. The van der Waals surface area contributed by atoms with Crippen LogP contribution in [0.5, 0.6) is 5.75 Å². The van der Waals surface area contributed by atoms with Crippen molar-refractivity contribution in [2.75, 3.05) is 12.4 Å². The van der Waals surface area contributed by atoms with E-state index in [1.54, 1.807) is 25.3 Å². The van der Waals surface area contributed by atoms with Gasteiger partial charge in [0.25, 0.3) is 5.91 Å². The molecule has 0 aliphatic rings. The van der Waals surface area contributed by atoms with Crippen molar-refractivity contribution in [1.29, 1.82) is 5.26 Å². The molecule has 0 unspecified atom stereocenters. The molecule has 0 aliphatic carbocycles. The summed E-state index contributed by atoms with van der Waals surface area (Å²) >= 11 is 0. The number of amides is 2. The summed E-state index contributed by atoms with van der Waals surface area (Å²) in [4.78, 5) is 35.7. The molecule has 2 rings (SSSR count). The van der Waals surface area contributed by atoms with Crippen LogP contribution in [0.15, 0.2) is 48.5 Å². The van der Waals surface area contributed by atoms with Gasteiger partial charge in [0.15, 0.2) is 6.10 Å². The van der Waals surface area contributed by atoms with Gasteiger partial charge in [-0.05, 0) is 48.9 Å². The van der Waals surface area contributed by atoms with Gasteiger partial charge in [-0.25, -0.2) is 4.79 Å². The highest BCUT2D eigenvalue weighted by molar-refractivity contribution is 5.94. The Morgan fingerprint density at radius 2 is 1.72 bits per heavy atom. The molecule has 150 valence electrons. The largest absolute Gasteiger partial charge is 0.497 e. The lowest BCUT2D eigenvalue weighted by Gasteiger charge is -2.14. The molecule has 0 saturated heterocycles. The monoisotopic (exact) mass is 395 g/mol. The number of benzene rings is 2. The zero-order valence-electron chi connectivity index (χ0n) is 16.1. The van der Waals surface area contributed by atoms with E-state index >= 15 is 0 Å². The Morgan fingerprint density at radius 3 is 2.31 bits per heavy atom. The molecule has 0 bridgehead atoms. The zero-order chi connectivity index (χ0) is 21.2. The second-order valence-corrected chi connectivity index (χ2v) is 6.07. The first-order chi connectivity index (χ1) is 13.9. The molecule has 2 N–H and O–H groups in total. The van der Waals surface area contributed by atoms with Crippen LogP contribution in [-0.2, 0) is 20.9 Å².